The topological polar surface area (TPSA) is 50.7 Å². The van der Waals surface area contributed by atoms with Crippen molar-refractivity contribution in [2.24, 2.45) is 0 Å². The van der Waals surface area contributed by atoms with Gasteiger partial charge in [-0.05, 0) is 39.7 Å². The van der Waals surface area contributed by atoms with Gasteiger partial charge < -0.3 is 19.9 Å². The number of aromatic hydroxyl groups is 1. The number of para-hydroxylation sites is 1. The van der Waals surface area contributed by atoms with Crippen LogP contribution in [0.3, 0.4) is 0 Å². The molecule has 0 aromatic heterocycles. The Bertz CT molecular complexity index is 645. The minimum absolute atomic E-state index is 0.284. The van der Waals surface area contributed by atoms with Crippen molar-refractivity contribution in [3.63, 3.8) is 0 Å². The zero-order valence-corrected chi connectivity index (χ0v) is 13.0. The summed E-state index contributed by atoms with van der Waals surface area (Å²) in [7, 11) is 0. The summed E-state index contributed by atoms with van der Waals surface area (Å²) < 4.78 is 11.8. The lowest BCUT2D eigenvalue weighted by Crippen LogP contribution is -2.16. The summed E-state index contributed by atoms with van der Waals surface area (Å²) in [5.41, 5.74) is 1.98. The Labute approximate surface area is 131 Å². The van der Waals surface area contributed by atoms with Gasteiger partial charge in [0.05, 0.1) is 4.47 Å². The average molecular weight is 350 g/mol. The van der Waals surface area contributed by atoms with Crippen LogP contribution in [0.15, 0.2) is 40.9 Å². The van der Waals surface area contributed by atoms with Gasteiger partial charge in [0.25, 0.3) is 0 Å². The van der Waals surface area contributed by atoms with Crippen molar-refractivity contribution in [2.45, 2.75) is 13.1 Å². The number of phenolic OH excluding ortho intramolecular Hbond substituents is 1. The van der Waals surface area contributed by atoms with Crippen LogP contribution in [0.25, 0.3) is 0 Å². The van der Waals surface area contributed by atoms with E-state index >= 15 is 0 Å². The van der Waals surface area contributed by atoms with Gasteiger partial charge in [-0.3, -0.25) is 0 Å². The molecule has 1 heterocycles. The number of nitrogens with one attached hydrogen (secondary N) is 1. The molecule has 0 unspecified atom stereocenters. The first-order valence-corrected chi connectivity index (χ1v) is 7.59. The first kappa shape index (κ1) is 14.2. The molecule has 4 nitrogen and oxygen atoms in total. The van der Waals surface area contributed by atoms with Crippen LogP contribution in [-0.2, 0) is 13.1 Å². The maximum atomic E-state index is 9.93. The highest BCUT2D eigenvalue weighted by atomic mass is 79.9. The van der Waals surface area contributed by atoms with E-state index in [9.17, 15) is 5.11 Å². The third kappa shape index (κ3) is 3.31. The van der Waals surface area contributed by atoms with Crippen LogP contribution < -0.4 is 14.8 Å². The largest absolute Gasteiger partial charge is 0.506 e. The van der Waals surface area contributed by atoms with E-state index < -0.39 is 0 Å². The first-order valence-electron chi connectivity index (χ1n) is 6.79. The molecule has 110 valence electrons. The van der Waals surface area contributed by atoms with E-state index in [1.54, 1.807) is 0 Å². The van der Waals surface area contributed by atoms with Gasteiger partial charge in [0.15, 0.2) is 11.5 Å². The highest BCUT2D eigenvalue weighted by Gasteiger charge is 2.11. The quantitative estimate of drug-likeness (QED) is 0.889. The van der Waals surface area contributed by atoms with Crippen LogP contribution in [0.1, 0.15) is 11.1 Å². The van der Waals surface area contributed by atoms with Gasteiger partial charge in [-0.2, -0.15) is 0 Å². The molecule has 0 atom stereocenters. The molecular formula is C16H16BrNO3. The Balaban J connectivity index is 1.61. The van der Waals surface area contributed by atoms with Crippen LogP contribution in [0, 0.1) is 0 Å². The number of hydrogen-bond acceptors (Lipinski definition) is 4. The summed E-state index contributed by atoms with van der Waals surface area (Å²) in [6.45, 7) is 2.49. The fraction of sp³-hybridized carbons (Fsp3) is 0.250. The second-order valence-electron chi connectivity index (χ2n) is 4.83. The zero-order chi connectivity index (χ0) is 14.7. The van der Waals surface area contributed by atoms with Gasteiger partial charge in [0.2, 0.25) is 0 Å². The van der Waals surface area contributed by atoms with Gasteiger partial charge in [0, 0.05) is 18.7 Å². The van der Waals surface area contributed by atoms with Gasteiger partial charge in [-0.25, -0.2) is 0 Å². The van der Waals surface area contributed by atoms with Crippen molar-refractivity contribution in [3.8, 4) is 17.2 Å². The number of fused-ring (bicyclic) bond motifs is 1. The van der Waals surface area contributed by atoms with Crippen molar-refractivity contribution in [3.05, 3.63) is 52.0 Å². The maximum Gasteiger partial charge on any atom is 0.161 e. The van der Waals surface area contributed by atoms with Crippen molar-refractivity contribution < 1.29 is 14.6 Å². The highest BCUT2D eigenvalue weighted by Crippen LogP contribution is 2.31. The fourth-order valence-electron chi connectivity index (χ4n) is 2.24. The summed E-state index contributed by atoms with van der Waals surface area (Å²) in [5, 5.41) is 13.2. The molecule has 1 aliphatic heterocycles. The number of hydrogen-bond donors (Lipinski definition) is 2. The predicted molar refractivity (Wildman–Crippen MR) is 83.8 cm³/mol. The van der Waals surface area contributed by atoms with Gasteiger partial charge >= 0.3 is 0 Å². The second-order valence-corrected chi connectivity index (χ2v) is 5.68. The number of halogens is 1. The lowest BCUT2D eigenvalue weighted by molar-refractivity contribution is 0.171. The second kappa shape index (κ2) is 6.37. The Morgan fingerprint density at radius 1 is 1.05 bits per heavy atom. The van der Waals surface area contributed by atoms with Crippen molar-refractivity contribution in [1.29, 1.82) is 0 Å². The molecule has 2 aromatic carbocycles. The molecule has 0 aliphatic carbocycles. The molecule has 5 heteroatoms. The van der Waals surface area contributed by atoms with E-state index in [0.717, 1.165) is 22.6 Å². The molecule has 0 spiro atoms. The smallest absolute Gasteiger partial charge is 0.161 e. The van der Waals surface area contributed by atoms with Crippen LogP contribution in [0.2, 0.25) is 0 Å². The van der Waals surface area contributed by atoms with E-state index in [0.29, 0.717) is 30.8 Å². The van der Waals surface area contributed by atoms with Crippen LogP contribution in [-0.4, -0.2) is 18.3 Å². The Kier molecular flexibility index (Phi) is 4.31. The third-order valence-corrected chi connectivity index (χ3v) is 3.96. The molecule has 2 N–H and O–H groups in total. The SMILES string of the molecule is Oc1c(Br)cccc1CNCc1ccc2c(c1)OCCO2. The standard InChI is InChI=1S/C16H16BrNO3/c17-13-3-1-2-12(16(13)19)10-18-9-11-4-5-14-15(8-11)21-7-6-20-14/h1-5,8,18-19H,6-7,9-10H2. The maximum absolute atomic E-state index is 9.93. The van der Waals surface area contributed by atoms with Crippen LogP contribution in [0.4, 0.5) is 0 Å². The molecule has 3 rings (SSSR count). The Morgan fingerprint density at radius 2 is 1.86 bits per heavy atom. The molecule has 0 amide bonds. The molecule has 21 heavy (non-hydrogen) atoms. The van der Waals surface area contributed by atoms with Crippen molar-refractivity contribution >= 4 is 15.9 Å². The number of rotatable bonds is 4. The Hall–Kier alpha value is -1.72. The third-order valence-electron chi connectivity index (χ3n) is 3.32. The summed E-state index contributed by atoms with van der Waals surface area (Å²) in [4.78, 5) is 0. The molecule has 0 bridgehead atoms. The molecule has 2 aromatic rings. The molecule has 0 saturated heterocycles. The normalized spacial score (nSPS) is 13.2. The van der Waals surface area contributed by atoms with Crippen molar-refractivity contribution in [1.82, 2.24) is 5.32 Å². The highest BCUT2D eigenvalue weighted by molar-refractivity contribution is 9.10. The lowest BCUT2D eigenvalue weighted by Gasteiger charge is -2.19. The summed E-state index contributed by atoms with van der Waals surface area (Å²) in [6.07, 6.45) is 0. The van der Waals surface area contributed by atoms with Gasteiger partial charge in [-0.1, -0.05) is 18.2 Å². The predicted octanol–water partition coefficient (Wildman–Crippen LogP) is 3.22. The minimum atomic E-state index is 0.284. The fourth-order valence-corrected chi connectivity index (χ4v) is 2.65. The lowest BCUT2D eigenvalue weighted by atomic mass is 10.1. The van der Waals surface area contributed by atoms with Crippen molar-refractivity contribution in [2.75, 3.05) is 13.2 Å². The van der Waals surface area contributed by atoms with Crippen LogP contribution >= 0.6 is 15.9 Å². The number of ether oxygens (including phenoxy) is 2. The number of phenols is 1. The van der Waals surface area contributed by atoms with E-state index in [-0.39, 0.29) is 5.75 Å². The minimum Gasteiger partial charge on any atom is -0.506 e. The number of benzene rings is 2. The average Bonchev–Trinajstić information content (AvgIpc) is 2.51. The molecule has 0 radical (unpaired) electrons. The molecule has 1 aliphatic rings. The van der Waals surface area contributed by atoms with Gasteiger partial charge in [0.1, 0.15) is 19.0 Å². The zero-order valence-electron chi connectivity index (χ0n) is 11.4. The summed E-state index contributed by atoms with van der Waals surface area (Å²) in [6, 6.07) is 11.6. The molecule has 0 saturated carbocycles. The van der Waals surface area contributed by atoms with E-state index in [1.807, 2.05) is 36.4 Å². The first-order chi connectivity index (χ1) is 10.2. The summed E-state index contributed by atoms with van der Waals surface area (Å²) >= 11 is 3.32. The van der Waals surface area contributed by atoms with E-state index in [1.165, 1.54) is 0 Å². The molecular weight excluding hydrogens is 334 g/mol. The monoisotopic (exact) mass is 349 g/mol. The van der Waals surface area contributed by atoms with E-state index in [4.69, 9.17) is 9.47 Å². The molecule has 0 fully saturated rings. The van der Waals surface area contributed by atoms with E-state index in [2.05, 4.69) is 21.2 Å². The Morgan fingerprint density at radius 3 is 2.71 bits per heavy atom. The van der Waals surface area contributed by atoms with Gasteiger partial charge in [-0.15, -0.1) is 0 Å². The van der Waals surface area contributed by atoms with Crippen LogP contribution in [0.5, 0.6) is 17.2 Å². The summed E-state index contributed by atoms with van der Waals surface area (Å²) in [5.74, 6) is 1.88.